The average Bonchev–Trinajstić information content (AvgIpc) is 2.28. The second-order valence-corrected chi connectivity index (χ2v) is 3.77. The lowest BCUT2D eigenvalue weighted by atomic mass is 10.3. The lowest BCUT2D eigenvalue weighted by molar-refractivity contribution is -0.120. The van der Waals surface area contributed by atoms with Crippen LogP contribution >= 0.6 is 0 Å². The van der Waals surface area contributed by atoms with Gasteiger partial charge in [-0.15, -0.1) is 0 Å². The fraction of sp³-hybridized carbons (Fsp3) is 0.400. The number of piperazine rings is 1. The van der Waals surface area contributed by atoms with Crippen LogP contribution < -0.4 is 10.2 Å². The molecule has 0 aromatic carbocycles. The second-order valence-electron chi connectivity index (χ2n) is 3.77. The Morgan fingerprint density at radius 3 is 2.94 bits per heavy atom. The van der Waals surface area contributed by atoms with Gasteiger partial charge in [-0.2, -0.15) is 0 Å². The molecule has 2 N–H and O–H groups in total. The maximum absolute atomic E-state index is 11.2. The van der Waals surface area contributed by atoms with Crippen LogP contribution in [-0.4, -0.2) is 46.6 Å². The molecule has 1 fully saturated rings. The summed E-state index contributed by atoms with van der Waals surface area (Å²) < 4.78 is 0. The first kappa shape index (κ1) is 11.3. The van der Waals surface area contributed by atoms with E-state index in [4.69, 9.17) is 5.11 Å². The third kappa shape index (κ3) is 2.49. The Balaban J connectivity index is 2.31. The van der Waals surface area contributed by atoms with Crippen molar-refractivity contribution in [3.8, 4) is 0 Å². The van der Waals surface area contributed by atoms with E-state index in [-0.39, 0.29) is 24.1 Å². The average molecular weight is 236 g/mol. The Bertz CT molecular complexity index is 475. The summed E-state index contributed by atoms with van der Waals surface area (Å²) in [6, 6.07) is 1.40. The van der Waals surface area contributed by atoms with E-state index in [1.165, 1.54) is 6.07 Å². The molecule has 0 atom stereocenters. The van der Waals surface area contributed by atoms with Crippen molar-refractivity contribution in [2.45, 2.75) is 6.92 Å². The Morgan fingerprint density at radius 1 is 1.53 bits per heavy atom. The first-order chi connectivity index (χ1) is 8.06. The van der Waals surface area contributed by atoms with Gasteiger partial charge in [-0.1, -0.05) is 0 Å². The van der Waals surface area contributed by atoms with Gasteiger partial charge in [0.05, 0.1) is 6.54 Å². The molecule has 1 amide bonds. The molecule has 0 unspecified atom stereocenters. The van der Waals surface area contributed by atoms with Crippen molar-refractivity contribution in [3.63, 3.8) is 0 Å². The monoisotopic (exact) mass is 236 g/mol. The summed E-state index contributed by atoms with van der Waals surface area (Å²) in [6.45, 7) is 2.94. The van der Waals surface area contributed by atoms with Crippen LogP contribution in [0.4, 0.5) is 5.95 Å². The van der Waals surface area contributed by atoms with Crippen LogP contribution in [0.3, 0.4) is 0 Å². The van der Waals surface area contributed by atoms with Crippen LogP contribution in [0.15, 0.2) is 6.07 Å². The maximum Gasteiger partial charge on any atom is 0.354 e. The number of hydrogen-bond donors (Lipinski definition) is 2. The summed E-state index contributed by atoms with van der Waals surface area (Å²) >= 11 is 0. The zero-order valence-corrected chi connectivity index (χ0v) is 9.30. The summed E-state index contributed by atoms with van der Waals surface area (Å²) in [4.78, 5) is 31.8. The minimum atomic E-state index is -1.10. The fourth-order valence-electron chi connectivity index (χ4n) is 1.61. The highest BCUT2D eigenvalue weighted by molar-refractivity contribution is 5.86. The number of hydrogen-bond acceptors (Lipinski definition) is 5. The van der Waals surface area contributed by atoms with E-state index >= 15 is 0 Å². The predicted molar refractivity (Wildman–Crippen MR) is 59.0 cm³/mol. The van der Waals surface area contributed by atoms with Gasteiger partial charge in [-0.25, -0.2) is 14.8 Å². The van der Waals surface area contributed by atoms with Crippen LogP contribution in [0.1, 0.15) is 16.2 Å². The summed E-state index contributed by atoms with van der Waals surface area (Å²) in [7, 11) is 0. The van der Waals surface area contributed by atoms with Crippen molar-refractivity contribution in [1.29, 1.82) is 0 Å². The summed E-state index contributed by atoms with van der Waals surface area (Å²) in [5, 5.41) is 11.6. The SMILES string of the molecule is Cc1cc(C(=O)O)nc(N2CCNC(=O)C2)n1. The Morgan fingerprint density at radius 2 is 2.29 bits per heavy atom. The number of carboxylic acids is 1. The molecule has 0 aliphatic carbocycles. The molecule has 2 heterocycles. The largest absolute Gasteiger partial charge is 0.477 e. The molecule has 1 aliphatic heterocycles. The zero-order chi connectivity index (χ0) is 12.4. The first-order valence-corrected chi connectivity index (χ1v) is 5.17. The quantitative estimate of drug-likeness (QED) is 0.713. The standard InChI is InChI=1S/C10H12N4O3/c1-6-4-7(9(16)17)13-10(12-6)14-3-2-11-8(15)5-14/h4H,2-3,5H2,1H3,(H,11,15)(H,16,17). The molecule has 0 radical (unpaired) electrons. The van der Waals surface area contributed by atoms with Gasteiger partial charge in [0.1, 0.15) is 0 Å². The highest BCUT2D eigenvalue weighted by Gasteiger charge is 2.20. The number of aryl methyl sites for hydroxylation is 1. The third-order valence-electron chi connectivity index (χ3n) is 2.38. The number of aromatic carboxylic acids is 1. The topological polar surface area (TPSA) is 95.4 Å². The normalized spacial score (nSPS) is 15.6. The maximum atomic E-state index is 11.2. The van der Waals surface area contributed by atoms with Gasteiger partial charge in [0.15, 0.2) is 5.69 Å². The van der Waals surface area contributed by atoms with E-state index in [2.05, 4.69) is 15.3 Å². The molecule has 7 nitrogen and oxygen atoms in total. The molecule has 2 rings (SSSR count). The number of nitrogens with zero attached hydrogens (tertiary/aromatic N) is 3. The van der Waals surface area contributed by atoms with Gasteiger partial charge >= 0.3 is 5.97 Å². The van der Waals surface area contributed by atoms with Crippen molar-refractivity contribution >= 4 is 17.8 Å². The van der Waals surface area contributed by atoms with Gasteiger partial charge in [0.25, 0.3) is 0 Å². The summed E-state index contributed by atoms with van der Waals surface area (Å²) in [6.07, 6.45) is 0. The van der Waals surface area contributed by atoms with Crippen molar-refractivity contribution in [1.82, 2.24) is 15.3 Å². The van der Waals surface area contributed by atoms with Gasteiger partial charge in [-0.3, -0.25) is 4.79 Å². The minimum absolute atomic E-state index is 0.0570. The number of anilines is 1. The lowest BCUT2D eigenvalue weighted by Gasteiger charge is -2.26. The molecule has 1 aliphatic rings. The van der Waals surface area contributed by atoms with Gasteiger partial charge in [0, 0.05) is 18.8 Å². The van der Waals surface area contributed by atoms with E-state index < -0.39 is 5.97 Å². The summed E-state index contributed by atoms with van der Waals surface area (Å²) in [5.41, 5.74) is 0.511. The summed E-state index contributed by atoms with van der Waals surface area (Å²) in [5.74, 6) is -0.923. The van der Waals surface area contributed by atoms with E-state index in [1.54, 1.807) is 11.8 Å². The minimum Gasteiger partial charge on any atom is -0.477 e. The third-order valence-corrected chi connectivity index (χ3v) is 2.38. The Hall–Kier alpha value is -2.18. The van der Waals surface area contributed by atoms with Crippen LogP contribution in [-0.2, 0) is 4.79 Å². The number of carbonyl (C=O) groups is 2. The highest BCUT2D eigenvalue weighted by Crippen LogP contribution is 2.11. The molecule has 0 saturated carbocycles. The van der Waals surface area contributed by atoms with Crippen molar-refractivity contribution in [3.05, 3.63) is 17.5 Å². The highest BCUT2D eigenvalue weighted by atomic mass is 16.4. The van der Waals surface area contributed by atoms with Crippen LogP contribution in [0.25, 0.3) is 0 Å². The van der Waals surface area contributed by atoms with E-state index in [1.807, 2.05) is 0 Å². The first-order valence-electron chi connectivity index (χ1n) is 5.17. The van der Waals surface area contributed by atoms with Crippen molar-refractivity contribution in [2.75, 3.05) is 24.5 Å². The van der Waals surface area contributed by atoms with Gasteiger partial charge in [-0.05, 0) is 13.0 Å². The van der Waals surface area contributed by atoms with Crippen molar-refractivity contribution < 1.29 is 14.7 Å². The number of nitrogens with one attached hydrogen (secondary N) is 1. The molecule has 17 heavy (non-hydrogen) atoms. The molecule has 1 aromatic rings. The second kappa shape index (κ2) is 4.36. The van der Waals surface area contributed by atoms with Gasteiger partial charge in [0.2, 0.25) is 11.9 Å². The molecule has 0 bridgehead atoms. The molecule has 1 saturated heterocycles. The predicted octanol–water partition coefficient (Wildman–Crippen LogP) is -0.581. The fourth-order valence-corrected chi connectivity index (χ4v) is 1.61. The molecule has 90 valence electrons. The van der Waals surface area contributed by atoms with Crippen LogP contribution in [0.2, 0.25) is 0 Å². The number of aromatic nitrogens is 2. The Labute approximate surface area is 97.5 Å². The lowest BCUT2D eigenvalue weighted by Crippen LogP contribution is -2.48. The van der Waals surface area contributed by atoms with E-state index in [0.29, 0.717) is 18.8 Å². The van der Waals surface area contributed by atoms with Gasteiger partial charge < -0.3 is 15.3 Å². The Kier molecular flexibility index (Phi) is 2.90. The van der Waals surface area contributed by atoms with Crippen molar-refractivity contribution in [2.24, 2.45) is 0 Å². The smallest absolute Gasteiger partial charge is 0.354 e. The molecule has 0 spiro atoms. The number of carbonyl (C=O) groups excluding carboxylic acids is 1. The van der Waals surface area contributed by atoms with E-state index in [9.17, 15) is 9.59 Å². The molecular formula is C10H12N4O3. The molecule has 7 heteroatoms. The van der Waals surface area contributed by atoms with E-state index in [0.717, 1.165) is 0 Å². The number of carboxylic acid groups (broad SMARTS) is 1. The number of amides is 1. The zero-order valence-electron chi connectivity index (χ0n) is 9.30. The molecule has 1 aromatic heterocycles. The number of rotatable bonds is 2. The van der Waals surface area contributed by atoms with Crippen LogP contribution in [0, 0.1) is 6.92 Å². The molecular weight excluding hydrogens is 224 g/mol. The van der Waals surface area contributed by atoms with Crippen LogP contribution in [0.5, 0.6) is 0 Å².